The summed E-state index contributed by atoms with van der Waals surface area (Å²) in [4.78, 5) is 24.0. The molecule has 0 aliphatic carbocycles. The van der Waals surface area contributed by atoms with Crippen LogP contribution in [0.3, 0.4) is 0 Å². The maximum absolute atomic E-state index is 11.4. The molecule has 0 bridgehead atoms. The predicted octanol–water partition coefficient (Wildman–Crippen LogP) is 3.19. The van der Waals surface area contributed by atoms with Crippen LogP contribution < -0.4 is 5.73 Å². The molecule has 1 amide bonds. The van der Waals surface area contributed by atoms with Crippen molar-refractivity contribution in [1.82, 2.24) is 14.9 Å². The van der Waals surface area contributed by atoms with Gasteiger partial charge in [-0.1, -0.05) is 18.2 Å². The lowest BCUT2D eigenvalue weighted by atomic mass is 10.0. The number of amides is 1. The zero-order valence-corrected chi connectivity index (χ0v) is 16.5. The van der Waals surface area contributed by atoms with E-state index in [0.29, 0.717) is 12.2 Å². The molecule has 4 rings (SSSR count). The first kappa shape index (κ1) is 18.7. The number of carbonyl (C=O) groups is 1. The number of nitrogens with zero attached hydrogens (tertiary/aromatic N) is 3. The number of morpholine rings is 1. The highest BCUT2D eigenvalue weighted by molar-refractivity contribution is 7.11. The van der Waals surface area contributed by atoms with Gasteiger partial charge in [-0.15, -0.1) is 11.3 Å². The Balaban J connectivity index is 1.46. The summed E-state index contributed by atoms with van der Waals surface area (Å²) in [5.74, 6) is -0.432. The molecule has 1 aliphatic heterocycles. The van der Waals surface area contributed by atoms with Gasteiger partial charge in [0.25, 0.3) is 0 Å². The Morgan fingerprint density at radius 1 is 1.25 bits per heavy atom. The zero-order valence-electron chi connectivity index (χ0n) is 15.7. The molecule has 0 saturated carbocycles. The minimum Gasteiger partial charge on any atom is -0.369 e. The number of aromatic nitrogens is 2. The molecule has 7 heteroatoms. The summed E-state index contributed by atoms with van der Waals surface area (Å²) in [6.45, 7) is 5.32. The van der Waals surface area contributed by atoms with Gasteiger partial charge in [-0.2, -0.15) is 0 Å². The number of primary amides is 1. The van der Waals surface area contributed by atoms with E-state index in [1.54, 1.807) is 23.5 Å². The molecule has 6 nitrogen and oxygen atoms in total. The largest absolute Gasteiger partial charge is 0.369 e. The maximum Gasteiger partial charge on any atom is 0.248 e. The molecule has 0 radical (unpaired) electrons. The fraction of sp³-hybridized carbons (Fsp3) is 0.286. The molecule has 2 N–H and O–H groups in total. The van der Waals surface area contributed by atoms with Crippen LogP contribution in [0.15, 0.2) is 48.8 Å². The van der Waals surface area contributed by atoms with Gasteiger partial charge in [0.05, 0.1) is 17.3 Å². The second-order valence-corrected chi connectivity index (χ2v) is 8.18. The number of rotatable bonds is 5. The first-order valence-electron chi connectivity index (χ1n) is 9.20. The molecular formula is C21H22N4O2S. The summed E-state index contributed by atoms with van der Waals surface area (Å²) in [6, 6.07) is 11.3. The third kappa shape index (κ3) is 4.27. The number of hydrogen-bond donors (Lipinski definition) is 1. The van der Waals surface area contributed by atoms with Crippen LogP contribution in [0.2, 0.25) is 0 Å². The van der Waals surface area contributed by atoms with Crippen LogP contribution in [0.4, 0.5) is 0 Å². The first-order valence-corrected chi connectivity index (χ1v) is 10.0. The number of nitrogens with two attached hydrogens (primary N) is 1. The number of benzene rings is 1. The third-order valence-electron chi connectivity index (χ3n) is 4.80. The summed E-state index contributed by atoms with van der Waals surface area (Å²) in [5, 5.41) is 1.09. The zero-order chi connectivity index (χ0) is 19.5. The number of aryl methyl sites for hydroxylation is 1. The van der Waals surface area contributed by atoms with Crippen LogP contribution in [-0.4, -0.2) is 40.5 Å². The van der Waals surface area contributed by atoms with E-state index in [2.05, 4.69) is 14.9 Å². The van der Waals surface area contributed by atoms with Crippen LogP contribution in [0, 0.1) is 6.92 Å². The smallest absolute Gasteiger partial charge is 0.248 e. The standard InChI is InChI=1S/C21H22N4O2S/c1-14-23-11-18(28-14)12-25-7-8-27-20(13-25)19-6-5-17(10-24-19)15-3-2-4-16(9-15)21(22)26/h2-6,9-11,20H,7-8,12-13H2,1H3,(H2,22,26). The Hall–Kier alpha value is -2.61. The normalized spacial score (nSPS) is 17.5. The minimum absolute atomic E-state index is 0.0474. The average Bonchev–Trinajstić information content (AvgIpc) is 3.13. The van der Waals surface area contributed by atoms with Crippen LogP contribution >= 0.6 is 11.3 Å². The molecule has 3 aromatic rings. The molecule has 0 spiro atoms. The number of pyridine rings is 1. The Morgan fingerprint density at radius 2 is 2.14 bits per heavy atom. The van der Waals surface area contributed by atoms with Crippen LogP contribution in [0.5, 0.6) is 0 Å². The molecule has 1 aromatic carbocycles. The monoisotopic (exact) mass is 394 g/mol. The van der Waals surface area contributed by atoms with Crippen molar-refractivity contribution in [2.45, 2.75) is 19.6 Å². The summed E-state index contributed by atoms with van der Waals surface area (Å²) in [5.41, 5.74) is 8.64. The molecule has 1 fully saturated rings. The second-order valence-electron chi connectivity index (χ2n) is 6.86. The van der Waals surface area contributed by atoms with Gasteiger partial charge in [-0.05, 0) is 30.7 Å². The summed E-state index contributed by atoms with van der Waals surface area (Å²) < 4.78 is 5.96. The van der Waals surface area contributed by atoms with Gasteiger partial charge in [-0.3, -0.25) is 14.7 Å². The lowest BCUT2D eigenvalue weighted by Gasteiger charge is -2.32. The number of thiazole rings is 1. The fourth-order valence-electron chi connectivity index (χ4n) is 3.34. The van der Waals surface area contributed by atoms with Crippen molar-refractivity contribution in [2.24, 2.45) is 5.73 Å². The number of carbonyl (C=O) groups excluding carboxylic acids is 1. The Labute approximate surface area is 168 Å². The lowest BCUT2D eigenvalue weighted by Crippen LogP contribution is -2.37. The van der Waals surface area contributed by atoms with Gasteiger partial charge in [0.2, 0.25) is 5.91 Å². The van der Waals surface area contributed by atoms with E-state index >= 15 is 0 Å². The molecule has 1 atom stereocenters. The Bertz CT molecular complexity index is 971. The predicted molar refractivity (Wildman–Crippen MR) is 109 cm³/mol. The molecule has 1 saturated heterocycles. The molecule has 144 valence electrons. The molecule has 1 aliphatic rings. The molecular weight excluding hydrogens is 372 g/mol. The molecule has 1 unspecified atom stereocenters. The van der Waals surface area contributed by atoms with Crippen molar-refractivity contribution >= 4 is 17.2 Å². The van der Waals surface area contributed by atoms with Gasteiger partial charge in [-0.25, -0.2) is 4.98 Å². The summed E-state index contributed by atoms with van der Waals surface area (Å²) in [7, 11) is 0. The number of ether oxygens (including phenoxy) is 1. The van der Waals surface area contributed by atoms with Crippen molar-refractivity contribution in [3.8, 4) is 11.1 Å². The van der Waals surface area contributed by atoms with E-state index in [0.717, 1.165) is 41.5 Å². The van der Waals surface area contributed by atoms with E-state index in [1.165, 1.54) is 4.88 Å². The van der Waals surface area contributed by atoms with Gasteiger partial charge in [0.15, 0.2) is 0 Å². The maximum atomic E-state index is 11.4. The lowest BCUT2D eigenvalue weighted by molar-refractivity contribution is -0.0346. The SMILES string of the molecule is Cc1ncc(CN2CCOC(c3ccc(-c4cccc(C(N)=O)c4)cn3)C2)s1. The second kappa shape index (κ2) is 8.18. The first-order chi connectivity index (χ1) is 13.6. The molecule has 2 aromatic heterocycles. The van der Waals surface area contributed by atoms with Gasteiger partial charge >= 0.3 is 0 Å². The highest BCUT2D eigenvalue weighted by atomic mass is 32.1. The molecule has 3 heterocycles. The van der Waals surface area contributed by atoms with Crippen molar-refractivity contribution in [3.05, 3.63) is 69.9 Å². The Kier molecular flexibility index (Phi) is 5.47. The minimum atomic E-state index is -0.432. The van der Waals surface area contributed by atoms with Gasteiger partial charge in [0, 0.05) is 48.0 Å². The third-order valence-corrected chi connectivity index (χ3v) is 5.69. The summed E-state index contributed by atoms with van der Waals surface area (Å²) in [6.07, 6.45) is 3.73. The quantitative estimate of drug-likeness (QED) is 0.719. The topological polar surface area (TPSA) is 81.3 Å². The number of hydrogen-bond acceptors (Lipinski definition) is 6. The van der Waals surface area contributed by atoms with Gasteiger partial charge in [0.1, 0.15) is 6.10 Å². The highest BCUT2D eigenvalue weighted by Crippen LogP contribution is 2.26. The fourth-order valence-corrected chi connectivity index (χ4v) is 4.18. The average molecular weight is 395 g/mol. The summed E-state index contributed by atoms with van der Waals surface area (Å²) >= 11 is 1.74. The van der Waals surface area contributed by atoms with Crippen molar-refractivity contribution in [1.29, 1.82) is 0 Å². The van der Waals surface area contributed by atoms with E-state index in [-0.39, 0.29) is 6.10 Å². The van der Waals surface area contributed by atoms with Crippen molar-refractivity contribution < 1.29 is 9.53 Å². The van der Waals surface area contributed by atoms with Crippen LogP contribution in [0.1, 0.15) is 32.0 Å². The van der Waals surface area contributed by atoms with E-state index in [1.807, 2.05) is 43.6 Å². The van der Waals surface area contributed by atoms with Crippen LogP contribution in [0.25, 0.3) is 11.1 Å². The van der Waals surface area contributed by atoms with Gasteiger partial charge < -0.3 is 10.5 Å². The van der Waals surface area contributed by atoms with Crippen molar-refractivity contribution in [2.75, 3.05) is 19.7 Å². The van der Waals surface area contributed by atoms with Crippen molar-refractivity contribution in [3.63, 3.8) is 0 Å². The van der Waals surface area contributed by atoms with Crippen LogP contribution in [-0.2, 0) is 11.3 Å². The van der Waals surface area contributed by atoms with E-state index < -0.39 is 5.91 Å². The molecule has 28 heavy (non-hydrogen) atoms. The Morgan fingerprint density at radius 3 is 2.86 bits per heavy atom. The van der Waals surface area contributed by atoms with E-state index in [9.17, 15) is 4.79 Å². The highest BCUT2D eigenvalue weighted by Gasteiger charge is 2.23. The van der Waals surface area contributed by atoms with E-state index in [4.69, 9.17) is 10.5 Å².